The first-order chi connectivity index (χ1) is 18.0. The van der Waals surface area contributed by atoms with Gasteiger partial charge in [0.1, 0.15) is 0 Å². The Bertz CT molecular complexity index is 1230. The number of aryl methyl sites for hydroxylation is 1. The number of carbonyl (C=O) groups is 1. The molecule has 0 aliphatic carbocycles. The average molecular weight is 527 g/mol. The number of halogens is 1. The quantitative estimate of drug-likeness (QED) is 0.408. The zero-order valence-electron chi connectivity index (χ0n) is 20.9. The number of benzene rings is 1. The summed E-state index contributed by atoms with van der Waals surface area (Å²) in [5, 5.41) is 21.3. The van der Waals surface area contributed by atoms with Gasteiger partial charge in [-0.1, -0.05) is 17.7 Å². The number of aromatic nitrogens is 6. The largest absolute Gasteiger partial charge is 0.424 e. The van der Waals surface area contributed by atoms with Crippen LogP contribution in [-0.4, -0.2) is 85.5 Å². The molecule has 2 fully saturated rings. The maximum atomic E-state index is 12.9. The molecule has 0 spiro atoms. The molecule has 1 amide bonds. The van der Waals surface area contributed by atoms with E-state index in [-0.39, 0.29) is 5.91 Å². The number of ether oxygens (including phenoxy) is 1. The minimum atomic E-state index is -0.000312. The Balaban J connectivity index is 1.11. The van der Waals surface area contributed by atoms with Gasteiger partial charge < -0.3 is 14.1 Å². The molecule has 2 saturated heterocycles. The molecule has 0 N–H and O–H groups in total. The maximum Gasteiger partial charge on any atom is 0.246 e. The molecule has 1 aromatic carbocycles. The SMILES string of the molecule is Cc1nnn(Cc2cc(Cl)ccc2C=CC(=O)N2CCC(Cc3nnc(CN4CCOCC4)o3)CC2)n1. The molecule has 0 atom stereocenters. The fraction of sp³-hybridized carbons (Fsp3) is 0.520. The van der Waals surface area contributed by atoms with Crippen molar-refractivity contribution in [2.24, 2.45) is 5.92 Å². The Morgan fingerprint density at radius 3 is 2.62 bits per heavy atom. The van der Waals surface area contributed by atoms with Crippen LogP contribution in [0, 0.1) is 12.8 Å². The lowest BCUT2D eigenvalue weighted by Crippen LogP contribution is -2.38. The summed E-state index contributed by atoms with van der Waals surface area (Å²) in [6.45, 7) is 7.55. The van der Waals surface area contributed by atoms with Crippen molar-refractivity contribution in [2.45, 2.75) is 39.3 Å². The van der Waals surface area contributed by atoms with Crippen LogP contribution in [0.25, 0.3) is 6.08 Å². The van der Waals surface area contributed by atoms with E-state index in [1.54, 1.807) is 13.0 Å². The summed E-state index contributed by atoms with van der Waals surface area (Å²) in [6.07, 6.45) is 6.02. The highest BCUT2D eigenvalue weighted by atomic mass is 35.5. The standard InChI is InChI=1S/C25H31ClN8O3/c1-18-27-31-34(30-18)16-21-15-22(26)4-2-20(21)3-5-25(35)33-8-6-19(7-9-33)14-23-28-29-24(37-23)17-32-10-12-36-13-11-32/h2-5,15,19H,6-14,16-17H2,1H3. The van der Waals surface area contributed by atoms with E-state index in [0.29, 0.717) is 54.7 Å². The van der Waals surface area contributed by atoms with Gasteiger partial charge in [0, 0.05) is 43.7 Å². The van der Waals surface area contributed by atoms with Gasteiger partial charge in [-0.05, 0) is 60.2 Å². The van der Waals surface area contributed by atoms with Crippen LogP contribution in [0.1, 0.15) is 41.6 Å². The van der Waals surface area contributed by atoms with Crippen LogP contribution in [0.5, 0.6) is 0 Å². The Hall–Kier alpha value is -3.15. The molecule has 3 aromatic rings. The molecule has 0 radical (unpaired) electrons. The van der Waals surface area contributed by atoms with Crippen molar-refractivity contribution in [3.8, 4) is 0 Å². The van der Waals surface area contributed by atoms with Crippen LogP contribution in [-0.2, 0) is 29.0 Å². The Labute approximate surface area is 220 Å². The van der Waals surface area contributed by atoms with E-state index >= 15 is 0 Å². The third-order valence-electron chi connectivity index (χ3n) is 6.74. The summed E-state index contributed by atoms with van der Waals surface area (Å²) in [4.78, 5) is 18.6. The maximum absolute atomic E-state index is 12.9. The second-order valence-electron chi connectivity index (χ2n) is 9.49. The van der Waals surface area contributed by atoms with Gasteiger partial charge in [0.25, 0.3) is 0 Å². The lowest BCUT2D eigenvalue weighted by molar-refractivity contribution is -0.127. The highest BCUT2D eigenvalue weighted by Crippen LogP contribution is 2.23. The van der Waals surface area contributed by atoms with Gasteiger partial charge in [-0.3, -0.25) is 9.69 Å². The zero-order chi connectivity index (χ0) is 25.6. The van der Waals surface area contributed by atoms with Crippen molar-refractivity contribution >= 4 is 23.6 Å². The van der Waals surface area contributed by atoms with E-state index in [4.69, 9.17) is 20.8 Å². The third-order valence-corrected chi connectivity index (χ3v) is 6.97. The Morgan fingerprint density at radius 1 is 1.08 bits per heavy atom. The average Bonchev–Trinajstić information content (AvgIpc) is 3.52. The molecule has 37 heavy (non-hydrogen) atoms. The van der Waals surface area contributed by atoms with Gasteiger partial charge in [-0.2, -0.15) is 4.80 Å². The minimum absolute atomic E-state index is 0.000312. The zero-order valence-corrected chi connectivity index (χ0v) is 21.7. The van der Waals surface area contributed by atoms with Crippen molar-refractivity contribution in [3.63, 3.8) is 0 Å². The Kier molecular flexibility index (Phi) is 8.22. The summed E-state index contributed by atoms with van der Waals surface area (Å²) in [7, 11) is 0. The van der Waals surface area contributed by atoms with Gasteiger partial charge in [0.05, 0.1) is 26.3 Å². The van der Waals surface area contributed by atoms with Crippen molar-refractivity contribution in [1.29, 1.82) is 0 Å². The molecule has 196 valence electrons. The molecule has 0 saturated carbocycles. The molecule has 5 rings (SSSR count). The lowest BCUT2D eigenvalue weighted by Gasteiger charge is -2.30. The van der Waals surface area contributed by atoms with Crippen molar-refractivity contribution < 1.29 is 13.9 Å². The van der Waals surface area contributed by atoms with E-state index in [2.05, 4.69) is 30.5 Å². The highest BCUT2D eigenvalue weighted by molar-refractivity contribution is 6.30. The second kappa shape index (κ2) is 11.9. The van der Waals surface area contributed by atoms with Crippen LogP contribution >= 0.6 is 11.6 Å². The molecule has 0 bridgehead atoms. The van der Waals surface area contributed by atoms with E-state index in [0.717, 1.165) is 56.7 Å². The minimum Gasteiger partial charge on any atom is -0.424 e. The van der Waals surface area contributed by atoms with Crippen LogP contribution in [0.15, 0.2) is 28.7 Å². The monoisotopic (exact) mass is 526 g/mol. The molecule has 11 nitrogen and oxygen atoms in total. The van der Waals surface area contributed by atoms with E-state index in [9.17, 15) is 4.79 Å². The van der Waals surface area contributed by atoms with E-state index < -0.39 is 0 Å². The van der Waals surface area contributed by atoms with Crippen molar-refractivity contribution in [1.82, 2.24) is 40.2 Å². The number of rotatable bonds is 8. The fourth-order valence-electron chi connectivity index (χ4n) is 4.67. The second-order valence-corrected chi connectivity index (χ2v) is 9.93. The van der Waals surface area contributed by atoms with E-state index in [1.165, 1.54) is 4.80 Å². The third kappa shape index (κ3) is 7.00. The molecule has 2 aliphatic rings. The predicted molar refractivity (Wildman–Crippen MR) is 136 cm³/mol. The first kappa shape index (κ1) is 25.5. The number of hydrogen-bond donors (Lipinski definition) is 0. The summed E-state index contributed by atoms with van der Waals surface area (Å²) >= 11 is 6.20. The van der Waals surface area contributed by atoms with Gasteiger partial charge >= 0.3 is 0 Å². The molecule has 2 aliphatic heterocycles. The molecule has 4 heterocycles. The number of morpholine rings is 1. The van der Waals surface area contributed by atoms with Gasteiger partial charge in [0.2, 0.25) is 17.7 Å². The van der Waals surface area contributed by atoms with Crippen LogP contribution < -0.4 is 0 Å². The first-order valence-electron chi connectivity index (χ1n) is 12.6. The van der Waals surface area contributed by atoms with Crippen molar-refractivity contribution in [3.05, 3.63) is 58.0 Å². The number of amides is 1. The van der Waals surface area contributed by atoms with Crippen LogP contribution in [0.4, 0.5) is 0 Å². The summed E-state index contributed by atoms with van der Waals surface area (Å²) in [5.41, 5.74) is 1.81. The number of nitrogens with zero attached hydrogens (tertiary/aromatic N) is 8. The number of hydrogen-bond acceptors (Lipinski definition) is 9. The molecule has 2 aromatic heterocycles. The fourth-order valence-corrected chi connectivity index (χ4v) is 4.87. The van der Waals surface area contributed by atoms with Gasteiger partial charge in [-0.25, -0.2) is 0 Å². The van der Waals surface area contributed by atoms with E-state index in [1.807, 2.05) is 29.2 Å². The molecule has 0 unspecified atom stereocenters. The summed E-state index contributed by atoms with van der Waals surface area (Å²) in [6, 6.07) is 5.57. The van der Waals surface area contributed by atoms with Gasteiger partial charge in [0.15, 0.2) is 5.82 Å². The topological polar surface area (TPSA) is 115 Å². The molecule has 12 heteroatoms. The number of carbonyl (C=O) groups excluding carboxylic acids is 1. The molecular formula is C25H31ClN8O3. The predicted octanol–water partition coefficient (Wildman–Crippen LogP) is 2.39. The highest BCUT2D eigenvalue weighted by Gasteiger charge is 2.24. The smallest absolute Gasteiger partial charge is 0.246 e. The number of piperidine rings is 1. The normalized spacial score (nSPS) is 17.6. The lowest BCUT2D eigenvalue weighted by atomic mass is 9.93. The van der Waals surface area contributed by atoms with Crippen LogP contribution in [0.2, 0.25) is 5.02 Å². The van der Waals surface area contributed by atoms with Gasteiger partial charge in [-0.15, -0.1) is 20.4 Å². The Morgan fingerprint density at radius 2 is 1.86 bits per heavy atom. The summed E-state index contributed by atoms with van der Waals surface area (Å²) < 4.78 is 11.3. The first-order valence-corrected chi connectivity index (χ1v) is 13.0. The van der Waals surface area contributed by atoms with Crippen LogP contribution in [0.3, 0.4) is 0 Å². The number of tetrazole rings is 1. The van der Waals surface area contributed by atoms with Crippen molar-refractivity contribution in [2.75, 3.05) is 39.4 Å². The number of likely N-dealkylation sites (tertiary alicyclic amines) is 1. The summed E-state index contributed by atoms with van der Waals surface area (Å²) in [5.74, 6) is 2.36. The molecular weight excluding hydrogens is 496 g/mol.